The molecule has 0 aromatic rings. The van der Waals surface area contributed by atoms with Crippen molar-refractivity contribution >= 4 is 0 Å². The van der Waals surface area contributed by atoms with Crippen LogP contribution in [0, 0.1) is 11.3 Å². The zero-order valence-corrected chi connectivity index (χ0v) is 10.4. The summed E-state index contributed by atoms with van der Waals surface area (Å²) in [5.41, 5.74) is 0.597. The highest BCUT2D eigenvalue weighted by Crippen LogP contribution is 2.48. The minimum Gasteiger partial charge on any atom is -0.381 e. The molecule has 2 aliphatic rings. The highest BCUT2D eigenvalue weighted by atomic mass is 16.5. The van der Waals surface area contributed by atoms with Gasteiger partial charge in [-0.25, -0.2) is 0 Å². The van der Waals surface area contributed by atoms with Gasteiger partial charge < -0.3 is 4.74 Å². The van der Waals surface area contributed by atoms with E-state index in [1.54, 1.807) is 0 Å². The molecule has 0 bridgehead atoms. The largest absolute Gasteiger partial charge is 0.381 e. The highest BCUT2D eigenvalue weighted by molar-refractivity contribution is 4.90. The van der Waals surface area contributed by atoms with Crippen LogP contribution in [0.4, 0.5) is 0 Å². The maximum absolute atomic E-state index is 5.58. The lowest BCUT2D eigenvalue weighted by Crippen LogP contribution is -2.37. The third kappa shape index (κ3) is 2.55. The molecule has 2 rings (SSSR count). The van der Waals surface area contributed by atoms with E-state index in [2.05, 4.69) is 6.92 Å². The van der Waals surface area contributed by atoms with E-state index in [9.17, 15) is 0 Å². The fourth-order valence-electron chi connectivity index (χ4n) is 3.83. The fourth-order valence-corrected chi connectivity index (χ4v) is 3.83. The summed E-state index contributed by atoms with van der Waals surface area (Å²) >= 11 is 0. The molecule has 88 valence electrons. The van der Waals surface area contributed by atoms with E-state index in [0.717, 1.165) is 5.92 Å². The van der Waals surface area contributed by atoms with Gasteiger partial charge in [0.2, 0.25) is 0 Å². The first-order valence-corrected chi connectivity index (χ1v) is 6.77. The summed E-state index contributed by atoms with van der Waals surface area (Å²) in [6.45, 7) is 2.52. The van der Waals surface area contributed by atoms with Gasteiger partial charge in [-0.05, 0) is 43.4 Å². The SMILES string of the molecule is COC1CCCC(C)(C2CCCCC2)C1. The third-order valence-electron chi connectivity index (χ3n) is 4.89. The molecular weight excluding hydrogens is 184 g/mol. The molecule has 0 amide bonds. The van der Waals surface area contributed by atoms with Crippen LogP contribution in [0.2, 0.25) is 0 Å². The van der Waals surface area contributed by atoms with Crippen molar-refractivity contribution in [2.45, 2.75) is 70.8 Å². The van der Waals surface area contributed by atoms with E-state index in [-0.39, 0.29) is 0 Å². The molecule has 2 atom stereocenters. The predicted molar refractivity (Wildman–Crippen MR) is 63.9 cm³/mol. The summed E-state index contributed by atoms with van der Waals surface area (Å²) in [4.78, 5) is 0. The van der Waals surface area contributed by atoms with E-state index in [4.69, 9.17) is 4.74 Å². The van der Waals surface area contributed by atoms with Crippen LogP contribution in [0.15, 0.2) is 0 Å². The Hall–Kier alpha value is -0.0400. The third-order valence-corrected chi connectivity index (χ3v) is 4.89. The summed E-state index contributed by atoms with van der Waals surface area (Å²) in [6, 6.07) is 0. The second-order valence-electron chi connectivity index (χ2n) is 5.94. The van der Waals surface area contributed by atoms with Gasteiger partial charge in [0.1, 0.15) is 0 Å². The van der Waals surface area contributed by atoms with Crippen molar-refractivity contribution in [2.24, 2.45) is 11.3 Å². The lowest BCUT2D eigenvalue weighted by atomic mass is 9.62. The van der Waals surface area contributed by atoms with Gasteiger partial charge in [0, 0.05) is 7.11 Å². The monoisotopic (exact) mass is 210 g/mol. The first-order valence-electron chi connectivity index (χ1n) is 6.77. The molecule has 0 saturated heterocycles. The molecule has 2 aliphatic carbocycles. The van der Waals surface area contributed by atoms with Gasteiger partial charge in [-0.2, -0.15) is 0 Å². The minimum atomic E-state index is 0.547. The van der Waals surface area contributed by atoms with E-state index in [1.807, 2.05) is 7.11 Å². The summed E-state index contributed by atoms with van der Waals surface area (Å²) in [5, 5.41) is 0. The summed E-state index contributed by atoms with van der Waals surface area (Å²) < 4.78 is 5.58. The fraction of sp³-hybridized carbons (Fsp3) is 1.00. The van der Waals surface area contributed by atoms with Crippen molar-refractivity contribution in [3.8, 4) is 0 Å². The van der Waals surface area contributed by atoms with Crippen LogP contribution < -0.4 is 0 Å². The number of methoxy groups -OCH3 is 1. The lowest BCUT2D eigenvalue weighted by Gasteiger charge is -2.45. The van der Waals surface area contributed by atoms with Crippen LogP contribution in [-0.2, 0) is 4.74 Å². The average molecular weight is 210 g/mol. The molecule has 0 spiro atoms. The van der Waals surface area contributed by atoms with Crippen LogP contribution in [0.3, 0.4) is 0 Å². The maximum atomic E-state index is 5.58. The van der Waals surface area contributed by atoms with Gasteiger partial charge in [-0.1, -0.05) is 32.6 Å². The van der Waals surface area contributed by atoms with Crippen molar-refractivity contribution in [2.75, 3.05) is 7.11 Å². The molecule has 2 fully saturated rings. The van der Waals surface area contributed by atoms with E-state index >= 15 is 0 Å². The normalized spacial score (nSPS) is 39.2. The van der Waals surface area contributed by atoms with Crippen molar-refractivity contribution in [3.05, 3.63) is 0 Å². The standard InChI is InChI=1S/C14H26O/c1-14(12-7-4-3-5-8-12)10-6-9-13(11-14)15-2/h12-13H,3-11H2,1-2H3. The van der Waals surface area contributed by atoms with E-state index in [1.165, 1.54) is 57.8 Å². The Kier molecular flexibility index (Phi) is 3.71. The topological polar surface area (TPSA) is 9.23 Å². The molecule has 15 heavy (non-hydrogen) atoms. The van der Waals surface area contributed by atoms with Crippen molar-refractivity contribution < 1.29 is 4.74 Å². The van der Waals surface area contributed by atoms with Crippen LogP contribution in [0.5, 0.6) is 0 Å². The molecule has 0 aromatic carbocycles. The van der Waals surface area contributed by atoms with Crippen molar-refractivity contribution in [3.63, 3.8) is 0 Å². The molecule has 0 heterocycles. The molecule has 0 aliphatic heterocycles. The van der Waals surface area contributed by atoms with E-state index in [0.29, 0.717) is 11.5 Å². The summed E-state index contributed by atoms with van der Waals surface area (Å²) in [7, 11) is 1.89. The molecule has 1 nitrogen and oxygen atoms in total. The van der Waals surface area contributed by atoms with Gasteiger partial charge >= 0.3 is 0 Å². The van der Waals surface area contributed by atoms with Gasteiger partial charge in [-0.15, -0.1) is 0 Å². The second-order valence-corrected chi connectivity index (χ2v) is 5.94. The smallest absolute Gasteiger partial charge is 0.0576 e. The quantitative estimate of drug-likeness (QED) is 0.665. The summed E-state index contributed by atoms with van der Waals surface area (Å²) in [5.74, 6) is 0.990. The zero-order valence-electron chi connectivity index (χ0n) is 10.4. The second kappa shape index (κ2) is 4.86. The lowest BCUT2D eigenvalue weighted by molar-refractivity contribution is -0.0157. The van der Waals surface area contributed by atoms with Gasteiger partial charge in [0.15, 0.2) is 0 Å². The highest BCUT2D eigenvalue weighted by Gasteiger charge is 2.39. The van der Waals surface area contributed by atoms with Crippen molar-refractivity contribution in [1.29, 1.82) is 0 Å². The maximum Gasteiger partial charge on any atom is 0.0576 e. The first kappa shape index (κ1) is 11.4. The molecule has 0 N–H and O–H groups in total. The summed E-state index contributed by atoms with van der Waals surface area (Å²) in [6.07, 6.45) is 13.3. The number of rotatable bonds is 2. The van der Waals surface area contributed by atoms with Crippen LogP contribution in [0.25, 0.3) is 0 Å². The van der Waals surface area contributed by atoms with Gasteiger partial charge in [0.25, 0.3) is 0 Å². The number of hydrogen-bond acceptors (Lipinski definition) is 1. The minimum absolute atomic E-state index is 0.547. The van der Waals surface area contributed by atoms with Gasteiger partial charge in [-0.3, -0.25) is 0 Å². The first-order chi connectivity index (χ1) is 7.24. The Balaban J connectivity index is 1.97. The Morgan fingerprint density at radius 1 is 1.00 bits per heavy atom. The van der Waals surface area contributed by atoms with Crippen LogP contribution in [-0.4, -0.2) is 13.2 Å². The Morgan fingerprint density at radius 2 is 1.73 bits per heavy atom. The zero-order chi connectivity index (χ0) is 10.7. The molecule has 1 heteroatoms. The van der Waals surface area contributed by atoms with Crippen LogP contribution in [0.1, 0.15) is 64.7 Å². The molecule has 0 aromatic heterocycles. The van der Waals surface area contributed by atoms with E-state index < -0.39 is 0 Å². The van der Waals surface area contributed by atoms with Crippen molar-refractivity contribution in [1.82, 2.24) is 0 Å². The predicted octanol–water partition coefficient (Wildman–Crippen LogP) is 4.16. The molecule has 2 unspecified atom stereocenters. The Morgan fingerprint density at radius 3 is 2.40 bits per heavy atom. The Labute approximate surface area is 94.6 Å². The molecular formula is C14H26O. The number of ether oxygens (including phenoxy) is 1. The number of hydrogen-bond donors (Lipinski definition) is 0. The van der Waals surface area contributed by atoms with Gasteiger partial charge in [0.05, 0.1) is 6.10 Å². The Bertz CT molecular complexity index is 196. The molecule has 0 radical (unpaired) electrons. The average Bonchev–Trinajstić information content (AvgIpc) is 2.30. The molecule has 2 saturated carbocycles. The van der Waals surface area contributed by atoms with Crippen LogP contribution >= 0.6 is 0 Å².